The first kappa shape index (κ1) is 21.6. The second-order valence-electron chi connectivity index (χ2n) is 8.28. The van der Waals surface area contributed by atoms with Gasteiger partial charge in [0.05, 0.1) is 40.4 Å². The molecular weight excluding hydrogens is 378 g/mol. The molecule has 0 spiro atoms. The Morgan fingerprint density at radius 1 is 1.33 bits per heavy atom. The summed E-state index contributed by atoms with van der Waals surface area (Å²) in [5.41, 5.74) is 2.08. The molecule has 7 nitrogen and oxygen atoms in total. The first-order valence-corrected chi connectivity index (χ1v) is 10.3. The molecule has 1 saturated heterocycles. The van der Waals surface area contributed by atoms with E-state index in [0.29, 0.717) is 24.1 Å². The number of rotatable bonds is 8. The van der Waals surface area contributed by atoms with E-state index in [1.54, 1.807) is 12.0 Å². The summed E-state index contributed by atoms with van der Waals surface area (Å²) in [6.07, 6.45) is 3.54. The number of nitriles is 1. The fourth-order valence-corrected chi connectivity index (χ4v) is 3.69. The second-order valence-corrected chi connectivity index (χ2v) is 8.28. The number of carbonyl (C=O) groups excluding carboxylic acids is 1. The third kappa shape index (κ3) is 5.49. The maximum atomic E-state index is 12.6. The van der Waals surface area contributed by atoms with Gasteiger partial charge in [-0.3, -0.25) is 4.79 Å². The van der Waals surface area contributed by atoms with Crippen molar-refractivity contribution in [3.05, 3.63) is 42.6 Å². The van der Waals surface area contributed by atoms with Gasteiger partial charge in [-0.15, -0.1) is 0 Å². The Bertz CT molecular complexity index is 905. The molecule has 7 heteroatoms. The summed E-state index contributed by atoms with van der Waals surface area (Å²) in [6.45, 7) is 2.56. The van der Waals surface area contributed by atoms with Crippen molar-refractivity contribution < 1.29 is 14.0 Å². The van der Waals surface area contributed by atoms with Crippen LogP contribution in [0.2, 0.25) is 0 Å². The number of quaternary nitrogens is 1. The van der Waals surface area contributed by atoms with Crippen LogP contribution < -0.4 is 10.1 Å². The third-order valence-electron chi connectivity index (χ3n) is 5.48. The molecule has 1 amide bonds. The van der Waals surface area contributed by atoms with Crippen LogP contribution in [-0.4, -0.2) is 73.7 Å². The largest absolute Gasteiger partial charge is 0.497 e. The zero-order valence-electron chi connectivity index (χ0n) is 18.0. The average Bonchev–Trinajstić information content (AvgIpc) is 3.23. The lowest BCUT2D eigenvalue weighted by Crippen LogP contribution is -2.51. The number of ether oxygens (including phenoxy) is 1. The Balaban J connectivity index is 1.50. The van der Waals surface area contributed by atoms with Crippen molar-refractivity contribution in [1.29, 1.82) is 5.26 Å². The number of benzene rings is 1. The molecule has 1 aromatic carbocycles. The Morgan fingerprint density at radius 3 is 2.87 bits per heavy atom. The molecule has 1 fully saturated rings. The van der Waals surface area contributed by atoms with Gasteiger partial charge in [-0.1, -0.05) is 12.1 Å². The Kier molecular flexibility index (Phi) is 6.91. The van der Waals surface area contributed by atoms with Crippen molar-refractivity contribution in [2.24, 2.45) is 0 Å². The molecular formula is C23H30N5O2+. The number of hydrogen-bond donors (Lipinski definition) is 1. The second kappa shape index (κ2) is 9.59. The summed E-state index contributed by atoms with van der Waals surface area (Å²) in [4.78, 5) is 18.8. The third-order valence-corrected chi connectivity index (χ3v) is 5.48. The zero-order valence-corrected chi connectivity index (χ0v) is 18.0. The van der Waals surface area contributed by atoms with Gasteiger partial charge in [0, 0.05) is 18.3 Å². The number of likely N-dealkylation sites (tertiary alicyclic amines) is 1. The number of nitrogens with zero attached hydrogens (tertiary/aromatic N) is 4. The van der Waals surface area contributed by atoms with E-state index < -0.39 is 0 Å². The van der Waals surface area contributed by atoms with Crippen molar-refractivity contribution in [3.8, 4) is 22.9 Å². The number of aromatic nitrogens is 1. The molecule has 1 aliphatic rings. The highest BCUT2D eigenvalue weighted by Crippen LogP contribution is 2.24. The van der Waals surface area contributed by atoms with Crippen LogP contribution in [0.15, 0.2) is 42.6 Å². The van der Waals surface area contributed by atoms with Crippen LogP contribution in [0.4, 0.5) is 5.82 Å². The summed E-state index contributed by atoms with van der Waals surface area (Å²) in [7, 11) is 5.73. The highest BCUT2D eigenvalue weighted by atomic mass is 16.5. The Morgan fingerprint density at radius 2 is 2.17 bits per heavy atom. The molecule has 1 atom stereocenters. The van der Waals surface area contributed by atoms with E-state index in [-0.39, 0.29) is 11.9 Å². The molecule has 2 aromatic rings. The molecule has 2 heterocycles. The van der Waals surface area contributed by atoms with Gasteiger partial charge in [-0.05, 0) is 42.7 Å². The zero-order chi connectivity index (χ0) is 21.6. The van der Waals surface area contributed by atoms with Crippen molar-refractivity contribution in [2.75, 3.05) is 52.7 Å². The number of anilines is 1. The van der Waals surface area contributed by atoms with Crippen molar-refractivity contribution in [1.82, 2.24) is 9.88 Å². The maximum Gasteiger partial charge on any atom is 0.278 e. The molecule has 1 N–H and O–H groups in total. The van der Waals surface area contributed by atoms with Gasteiger partial charge in [0.15, 0.2) is 6.54 Å². The molecule has 1 aliphatic heterocycles. The van der Waals surface area contributed by atoms with E-state index in [1.165, 1.54) is 0 Å². The van der Waals surface area contributed by atoms with E-state index in [4.69, 9.17) is 4.74 Å². The number of amides is 1. The minimum absolute atomic E-state index is 0.0600. The molecule has 1 aromatic heterocycles. The Labute approximate surface area is 178 Å². The number of likely N-dealkylation sites (N-methyl/N-ethyl adjacent to an activating group) is 1. The van der Waals surface area contributed by atoms with Gasteiger partial charge in [0.2, 0.25) is 0 Å². The highest BCUT2D eigenvalue weighted by molar-refractivity contribution is 5.78. The maximum absolute atomic E-state index is 12.6. The summed E-state index contributed by atoms with van der Waals surface area (Å²) >= 11 is 0. The lowest BCUT2D eigenvalue weighted by Gasteiger charge is -2.31. The first-order chi connectivity index (χ1) is 14.4. The van der Waals surface area contributed by atoms with E-state index in [9.17, 15) is 10.1 Å². The van der Waals surface area contributed by atoms with Crippen LogP contribution in [0.1, 0.15) is 12.8 Å². The fraction of sp³-hybridized carbons (Fsp3) is 0.435. The fourth-order valence-electron chi connectivity index (χ4n) is 3.69. The molecule has 0 bridgehead atoms. The molecule has 158 valence electrons. The van der Waals surface area contributed by atoms with Crippen LogP contribution in [-0.2, 0) is 4.79 Å². The number of nitrogens with one attached hydrogen (secondary N) is 1. The molecule has 0 aliphatic carbocycles. The molecule has 0 saturated carbocycles. The summed E-state index contributed by atoms with van der Waals surface area (Å²) in [5.74, 6) is 1.68. The SMILES string of the molecule is COc1cccc(-c2ccc(NCC[N+](C)(C)CC(=O)N3CCC[C@H]3C#N)nc2)c1. The smallest absolute Gasteiger partial charge is 0.278 e. The van der Waals surface area contributed by atoms with Crippen LogP contribution in [0.5, 0.6) is 5.75 Å². The van der Waals surface area contributed by atoms with Crippen molar-refractivity contribution in [3.63, 3.8) is 0 Å². The molecule has 0 unspecified atom stereocenters. The highest BCUT2D eigenvalue weighted by Gasteiger charge is 2.32. The lowest BCUT2D eigenvalue weighted by atomic mass is 10.1. The molecule has 0 radical (unpaired) electrons. The van der Waals surface area contributed by atoms with E-state index >= 15 is 0 Å². The predicted molar refractivity (Wildman–Crippen MR) is 117 cm³/mol. The van der Waals surface area contributed by atoms with Gasteiger partial charge in [-0.2, -0.15) is 5.26 Å². The van der Waals surface area contributed by atoms with Crippen molar-refractivity contribution >= 4 is 11.7 Å². The van der Waals surface area contributed by atoms with Gasteiger partial charge >= 0.3 is 0 Å². The van der Waals surface area contributed by atoms with Crippen molar-refractivity contribution in [2.45, 2.75) is 18.9 Å². The minimum atomic E-state index is -0.261. The number of methoxy groups -OCH3 is 1. The molecule has 3 rings (SSSR count). The quantitative estimate of drug-likeness (QED) is 0.680. The number of hydrogen-bond acceptors (Lipinski definition) is 5. The monoisotopic (exact) mass is 408 g/mol. The Hall–Kier alpha value is -3.11. The van der Waals surface area contributed by atoms with Gasteiger partial charge in [0.1, 0.15) is 17.6 Å². The lowest BCUT2D eigenvalue weighted by molar-refractivity contribution is -0.881. The van der Waals surface area contributed by atoms with Crippen LogP contribution in [0, 0.1) is 11.3 Å². The van der Waals surface area contributed by atoms with Gasteiger partial charge in [0.25, 0.3) is 5.91 Å². The van der Waals surface area contributed by atoms with Crippen LogP contribution >= 0.6 is 0 Å². The summed E-state index contributed by atoms with van der Waals surface area (Å²) in [5, 5.41) is 12.5. The average molecular weight is 409 g/mol. The van der Waals surface area contributed by atoms with Gasteiger partial charge < -0.3 is 19.4 Å². The summed E-state index contributed by atoms with van der Waals surface area (Å²) < 4.78 is 5.84. The van der Waals surface area contributed by atoms with Gasteiger partial charge in [-0.25, -0.2) is 4.98 Å². The molecule has 30 heavy (non-hydrogen) atoms. The van der Waals surface area contributed by atoms with E-state index in [0.717, 1.165) is 42.1 Å². The number of pyridine rings is 1. The van der Waals surface area contributed by atoms with Crippen LogP contribution in [0.3, 0.4) is 0 Å². The standard InChI is InChI=1S/C23H30N5O2/c1-28(2,17-23(29)27-12-5-7-20(27)15-24)13-11-25-22-10-9-19(16-26-22)18-6-4-8-21(14-18)30-3/h4,6,8-10,14,16,20H,5,7,11-13,17H2,1-3H3,(H,25,26)/q+1/t20-/m0/s1. The predicted octanol–water partition coefficient (Wildman–Crippen LogP) is 2.76. The normalized spacial score (nSPS) is 16.2. The number of carbonyl (C=O) groups is 1. The summed E-state index contributed by atoms with van der Waals surface area (Å²) in [6, 6.07) is 13.9. The topological polar surface area (TPSA) is 78.2 Å². The van der Waals surface area contributed by atoms with Crippen LogP contribution in [0.25, 0.3) is 11.1 Å². The first-order valence-electron chi connectivity index (χ1n) is 10.3. The van der Waals surface area contributed by atoms with E-state index in [2.05, 4.69) is 16.4 Å². The van der Waals surface area contributed by atoms with E-state index in [1.807, 2.05) is 56.7 Å². The minimum Gasteiger partial charge on any atom is -0.497 e.